The van der Waals surface area contributed by atoms with Crippen LogP contribution in [0.15, 0.2) is 48.7 Å². The molecule has 0 heterocycles. The fourth-order valence-electron chi connectivity index (χ4n) is 2.11. The molecule has 1 N–H and O–H groups in total. The van der Waals surface area contributed by atoms with Crippen molar-refractivity contribution in [2.24, 2.45) is 0 Å². The number of hydrogen-bond donors (Lipinski definition) is 1. The van der Waals surface area contributed by atoms with Crippen molar-refractivity contribution in [1.82, 2.24) is 0 Å². The minimum atomic E-state index is -1.28. The molecule has 0 fully saturated rings. The number of carbonyl (C=O) groups excluding carboxylic acids is 1. The van der Waals surface area contributed by atoms with Crippen LogP contribution >= 0.6 is 0 Å². The van der Waals surface area contributed by atoms with Crippen LogP contribution in [-0.2, 0) is 4.79 Å². The molecule has 0 aliphatic carbocycles. The molecule has 0 atom stereocenters. The van der Waals surface area contributed by atoms with Gasteiger partial charge in [-0.1, -0.05) is 12.1 Å². The van der Waals surface area contributed by atoms with Gasteiger partial charge >= 0.3 is 0 Å². The standard InChI is InChI=1S/C18H19NO5/c1-22-14-7-4-12(5-8-14)15(18(20)21)11-19-13-6-9-16(23-2)17(10-13)24-3/h4-11,19H,1-3H3,(H,20,21)/p-1/b15-11-. The monoisotopic (exact) mass is 328 g/mol. The number of carboxylic acids is 1. The highest BCUT2D eigenvalue weighted by Crippen LogP contribution is 2.30. The number of anilines is 1. The van der Waals surface area contributed by atoms with Gasteiger partial charge in [0.05, 0.1) is 27.3 Å². The Balaban J connectivity index is 2.26. The summed E-state index contributed by atoms with van der Waals surface area (Å²) in [4.78, 5) is 11.4. The first kappa shape index (κ1) is 17.2. The number of benzene rings is 2. The van der Waals surface area contributed by atoms with Gasteiger partial charge in [-0.2, -0.15) is 0 Å². The molecule has 0 aliphatic rings. The Kier molecular flexibility index (Phi) is 5.68. The predicted octanol–water partition coefficient (Wildman–Crippen LogP) is 1.92. The maximum atomic E-state index is 11.4. The van der Waals surface area contributed by atoms with Crippen molar-refractivity contribution in [1.29, 1.82) is 0 Å². The molecule has 2 aromatic carbocycles. The van der Waals surface area contributed by atoms with Crippen molar-refractivity contribution < 1.29 is 24.1 Å². The third-order valence-corrected chi connectivity index (χ3v) is 3.39. The first-order valence-corrected chi connectivity index (χ1v) is 7.13. The molecule has 0 amide bonds. The van der Waals surface area contributed by atoms with Gasteiger partial charge in [-0.15, -0.1) is 0 Å². The Hall–Kier alpha value is -3.15. The van der Waals surface area contributed by atoms with Crippen LogP contribution < -0.4 is 24.6 Å². The van der Waals surface area contributed by atoms with Gasteiger partial charge in [0.15, 0.2) is 11.5 Å². The first-order valence-electron chi connectivity index (χ1n) is 7.13. The van der Waals surface area contributed by atoms with Gasteiger partial charge in [-0.3, -0.25) is 0 Å². The van der Waals surface area contributed by atoms with Gasteiger partial charge in [0, 0.05) is 23.5 Å². The summed E-state index contributed by atoms with van der Waals surface area (Å²) in [6.07, 6.45) is 1.37. The van der Waals surface area contributed by atoms with Crippen molar-refractivity contribution in [2.75, 3.05) is 26.6 Å². The van der Waals surface area contributed by atoms with Crippen LogP contribution in [0.4, 0.5) is 5.69 Å². The minimum absolute atomic E-state index is 0.0208. The third-order valence-electron chi connectivity index (χ3n) is 3.39. The Morgan fingerprint density at radius 1 is 0.958 bits per heavy atom. The maximum absolute atomic E-state index is 11.4. The maximum Gasteiger partial charge on any atom is 0.162 e. The molecule has 0 unspecified atom stereocenters. The Morgan fingerprint density at radius 3 is 2.17 bits per heavy atom. The zero-order valence-electron chi connectivity index (χ0n) is 13.7. The van der Waals surface area contributed by atoms with Crippen molar-refractivity contribution in [3.63, 3.8) is 0 Å². The van der Waals surface area contributed by atoms with Crippen LogP contribution in [0.2, 0.25) is 0 Å². The molecular weight excluding hydrogens is 310 g/mol. The minimum Gasteiger partial charge on any atom is -0.545 e. The fraction of sp³-hybridized carbons (Fsp3) is 0.167. The van der Waals surface area contributed by atoms with Crippen LogP contribution in [0, 0.1) is 0 Å². The topological polar surface area (TPSA) is 79.8 Å². The van der Waals surface area contributed by atoms with Crippen LogP contribution in [0.25, 0.3) is 5.57 Å². The van der Waals surface area contributed by atoms with E-state index in [2.05, 4.69) is 5.32 Å². The van der Waals surface area contributed by atoms with Crippen molar-refractivity contribution in [2.45, 2.75) is 0 Å². The quantitative estimate of drug-likeness (QED) is 0.782. The van der Waals surface area contributed by atoms with E-state index in [-0.39, 0.29) is 5.57 Å². The molecule has 0 aliphatic heterocycles. The van der Waals surface area contributed by atoms with Gasteiger partial charge < -0.3 is 29.4 Å². The molecule has 2 rings (SSSR count). The highest BCUT2D eigenvalue weighted by atomic mass is 16.5. The number of ether oxygens (including phenoxy) is 3. The van der Waals surface area contributed by atoms with E-state index < -0.39 is 5.97 Å². The van der Waals surface area contributed by atoms with Gasteiger partial charge in [-0.25, -0.2) is 0 Å². The number of hydrogen-bond acceptors (Lipinski definition) is 6. The lowest BCUT2D eigenvalue weighted by Gasteiger charge is -2.12. The Bertz CT molecular complexity index is 738. The first-order chi connectivity index (χ1) is 11.6. The summed E-state index contributed by atoms with van der Waals surface area (Å²) in [5.74, 6) is 0.482. The zero-order valence-corrected chi connectivity index (χ0v) is 13.7. The second-order valence-corrected chi connectivity index (χ2v) is 4.79. The normalized spacial score (nSPS) is 10.9. The molecule has 24 heavy (non-hydrogen) atoms. The van der Waals surface area contributed by atoms with Crippen LogP contribution in [0.3, 0.4) is 0 Å². The summed E-state index contributed by atoms with van der Waals surface area (Å²) in [7, 11) is 4.62. The van der Waals surface area contributed by atoms with E-state index in [0.29, 0.717) is 28.5 Å². The van der Waals surface area contributed by atoms with Gasteiger partial charge in [0.2, 0.25) is 0 Å². The summed E-state index contributed by atoms with van der Waals surface area (Å²) in [6, 6.07) is 11.8. The van der Waals surface area contributed by atoms with Crippen molar-refractivity contribution in [3.05, 3.63) is 54.2 Å². The van der Waals surface area contributed by atoms with Crippen LogP contribution in [-0.4, -0.2) is 27.3 Å². The number of nitrogens with one attached hydrogen (secondary N) is 1. The fourth-order valence-corrected chi connectivity index (χ4v) is 2.11. The van der Waals surface area contributed by atoms with Crippen molar-refractivity contribution in [3.8, 4) is 17.2 Å². The number of rotatable bonds is 7. The molecule has 0 saturated heterocycles. The SMILES string of the molecule is COc1ccc(/C(=C/Nc2ccc(OC)c(OC)c2)C(=O)[O-])cc1. The van der Waals surface area contributed by atoms with Crippen LogP contribution in [0.5, 0.6) is 17.2 Å². The Morgan fingerprint density at radius 2 is 1.62 bits per heavy atom. The second-order valence-electron chi connectivity index (χ2n) is 4.79. The molecule has 0 aromatic heterocycles. The van der Waals surface area contributed by atoms with E-state index in [1.54, 1.807) is 56.7 Å². The van der Waals surface area contributed by atoms with Gasteiger partial charge in [-0.05, 0) is 29.8 Å². The third kappa shape index (κ3) is 3.98. The predicted molar refractivity (Wildman–Crippen MR) is 89.1 cm³/mol. The molecule has 0 bridgehead atoms. The lowest BCUT2D eigenvalue weighted by molar-refractivity contribution is -0.295. The molecular formula is C18H18NO5-. The van der Waals surface area contributed by atoms with E-state index in [9.17, 15) is 9.90 Å². The van der Waals surface area contributed by atoms with Crippen molar-refractivity contribution >= 4 is 17.2 Å². The smallest absolute Gasteiger partial charge is 0.162 e. The molecule has 0 saturated carbocycles. The number of aliphatic carboxylic acids is 1. The number of carboxylic acid groups (broad SMARTS) is 1. The van der Waals surface area contributed by atoms with E-state index in [1.807, 2.05) is 0 Å². The van der Waals surface area contributed by atoms with Crippen LogP contribution in [0.1, 0.15) is 5.56 Å². The Labute approximate surface area is 140 Å². The number of carbonyl (C=O) groups is 1. The zero-order chi connectivity index (χ0) is 17.5. The lowest BCUT2D eigenvalue weighted by Crippen LogP contribution is -2.24. The average Bonchev–Trinajstić information content (AvgIpc) is 2.61. The second kappa shape index (κ2) is 7.92. The number of methoxy groups -OCH3 is 3. The summed E-state index contributed by atoms with van der Waals surface area (Å²) in [5, 5.41) is 14.3. The largest absolute Gasteiger partial charge is 0.545 e. The summed E-state index contributed by atoms with van der Waals surface area (Å²) in [6.45, 7) is 0. The molecule has 6 nitrogen and oxygen atoms in total. The summed E-state index contributed by atoms with van der Waals surface area (Å²) < 4.78 is 15.4. The van der Waals surface area contributed by atoms with Gasteiger partial charge in [0.1, 0.15) is 5.75 Å². The molecule has 6 heteroatoms. The molecule has 126 valence electrons. The summed E-state index contributed by atoms with van der Waals surface area (Å²) >= 11 is 0. The highest BCUT2D eigenvalue weighted by molar-refractivity contribution is 6.14. The average molecular weight is 328 g/mol. The molecule has 0 radical (unpaired) electrons. The van der Waals surface area contributed by atoms with E-state index >= 15 is 0 Å². The molecule has 0 spiro atoms. The van der Waals surface area contributed by atoms with E-state index in [4.69, 9.17) is 14.2 Å². The van der Waals surface area contributed by atoms with E-state index in [0.717, 1.165) is 0 Å². The molecule has 2 aromatic rings. The lowest BCUT2D eigenvalue weighted by atomic mass is 10.1. The highest BCUT2D eigenvalue weighted by Gasteiger charge is 2.06. The summed E-state index contributed by atoms with van der Waals surface area (Å²) in [5.41, 5.74) is 1.18. The van der Waals surface area contributed by atoms with E-state index in [1.165, 1.54) is 13.3 Å². The van der Waals surface area contributed by atoms with Gasteiger partial charge in [0.25, 0.3) is 0 Å².